The van der Waals surface area contributed by atoms with Crippen LogP contribution in [0.15, 0.2) is 24.3 Å². The van der Waals surface area contributed by atoms with Gasteiger partial charge in [0.15, 0.2) is 0 Å². The van der Waals surface area contributed by atoms with Crippen LogP contribution in [-0.2, 0) is 0 Å². The molecule has 0 saturated carbocycles. The summed E-state index contributed by atoms with van der Waals surface area (Å²) in [5.41, 5.74) is 1.55. The van der Waals surface area contributed by atoms with E-state index in [4.69, 9.17) is 0 Å². The third-order valence-electron chi connectivity index (χ3n) is 4.06. The highest BCUT2D eigenvalue weighted by Crippen LogP contribution is 2.25. The number of amides is 2. The Kier molecular flexibility index (Phi) is 5.58. The van der Waals surface area contributed by atoms with Crippen molar-refractivity contribution in [3.8, 4) is 0 Å². The summed E-state index contributed by atoms with van der Waals surface area (Å²) in [4.78, 5) is 17.2. The number of anilines is 2. The van der Waals surface area contributed by atoms with Crippen LogP contribution in [0.1, 0.15) is 6.92 Å². The van der Waals surface area contributed by atoms with E-state index in [1.165, 1.54) is 4.90 Å². The number of carbonyl (C=O) groups is 1. The second kappa shape index (κ2) is 7.29. The van der Waals surface area contributed by atoms with Gasteiger partial charge in [-0.1, -0.05) is 12.1 Å². The summed E-state index contributed by atoms with van der Waals surface area (Å²) in [5, 5.41) is 2.85. The number of hydrogen-bond acceptors (Lipinski definition) is 3. The number of rotatable bonds is 3. The maximum Gasteiger partial charge on any atom is 0.401 e. The maximum atomic E-state index is 12.5. The van der Waals surface area contributed by atoms with E-state index in [1.807, 2.05) is 37.2 Å². The summed E-state index contributed by atoms with van der Waals surface area (Å²) >= 11 is 0. The molecule has 1 fully saturated rings. The molecule has 24 heavy (non-hydrogen) atoms. The van der Waals surface area contributed by atoms with E-state index in [0.717, 1.165) is 5.69 Å². The number of urea groups is 1. The van der Waals surface area contributed by atoms with Crippen LogP contribution in [0.2, 0.25) is 0 Å². The number of para-hydroxylation sites is 2. The zero-order valence-electron chi connectivity index (χ0n) is 14.1. The van der Waals surface area contributed by atoms with Crippen molar-refractivity contribution in [2.24, 2.45) is 0 Å². The standard InChI is InChI=1S/C16H23F3N4O/c1-12-10-22(8-9-23(12)11-16(17,18)19)15(24)20-13-6-4-5-7-14(13)21(2)3/h4-7,12H,8-11H2,1-3H3,(H,20,24)/t12-/m1/s1. The molecular formula is C16H23F3N4O. The van der Waals surface area contributed by atoms with E-state index in [-0.39, 0.29) is 31.7 Å². The van der Waals surface area contributed by atoms with Gasteiger partial charge in [-0.15, -0.1) is 0 Å². The van der Waals surface area contributed by atoms with Crippen LogP contribution in [0.25, 0.3) is 0 Å². The topological polar surface area (TPSA) is 38.8 Å². The third-order valence-corrected chi connectivity index (χ3v) is 4.06. The molecule has 8 heteroatoms. The Balaban J connectivity index is 1.98. The van der Waals surface area contributed by atoms with Gasteiger partial charge in [0, 0.05) is 39.8 Å². The lowest BCUT2D eigenvalue weighted by atomic mass is 10.2. The van der Waals surface area contributed by atoms with Gasteiger partial charge in [-0.25, -0.2) is 4.79 Å². The molecule has 1 aliphatic rings. The van der Waals surface area contributed by atoms with Crippen molar-refractivity contribution >= 4 is 17.4 Å². The Morgan fingerprint density at radius 1 is 1.29 bits per heavy atom. The van der Waals surface area contributed by atoms with Gasteiger partial charge in [-0.2, -0.15) is 13.2 Å². The van der Waals surface area contributed by atoms with Crippen molar-refractivity contribution in [1.29, 1.82) is 0 Å². The first-order chi connectivity index (χ1) is 11.2. The number of halogens is 3. The number of alkyl halides is 3. The quantitative estimate of drug-likeness (QED) is 0.916. The van der Waals surface area contributed by atoms with E-state index in [2.05, 4.69) is 5.32 Å². The van der Waals surface area contributed by atoms with E-state index in [9.17, 15) is 18.0 Å². The molecule has 0 aromatic heterocycles. The Labute approximate surface area is 140 Å². The average Bonchev–Trinajstić information content (AvgIpc) is 2.48. The Morgan fingerprint density at radius 3 is 2.54 bits per heavy atom. The largest absolute Gasteiger partial charge is 0.401 e. The molecule has 1 aromatic rings. The molecular weight excluding hydrogens is 321 g/mol. The summed E-state index contributed by atoms with van der Waals surface area (Å²) in [7, 11) is 3.76. The molecule has 1 aliphatic heterocycles. The highest BCUT2D eigenvalue weighted by Gasteiger charge is 2.36. The number of carbonyl (C=O) groups excluding carboxylic acids is 1. The molecule has 2 rings (SSSR count). The highest BCUT2D eigenvalue weighted by atomic mass is 19.4. The van der Waals surface area contributed by atoms with Gasteiger partial charge >= 0.3 is 12.2 Å². The lowest BCUT2D eigenvalue weighted by molar-refractivity contribution is -0.153. The van der Waals surface area contributed by atoms with Crippen LogP contribution in [0, 0.1) is 0 Å². The molecule has 5 nitrogen and oxygen atoms in total. The van der Waals surface area contributed by atoms with Crippen molar-refractivity contribution in [2.45, 2.75) is 19.1 Å². The first-order valence-corrected chi connectivity index (χ1v) is 7.80. The smallest absolute Gasteiger partial charge is 0.376 e. The third kappa shape index (κ3) is 4.77. The van der Waals surface area contributed by atoms with E-state index in [1.54, 1.807) is 17.9 Å². The number of nitrogens with one attached hydrogen (secondary N) is 1. The lowest BCUT2D eigenvalue weighted by Gasteiger charge is -2.40. The fourth-order valence-electron chi connectivity index (χ4n) is 2.81. The van der Waals surface area contributed by atoms with Gasteiger partial charge in [-0.3, -0.25) is 4.90 Å². The number of piperazine rings is 1. The molecule has 134 valence electrons. The summed E-state index contributed by atoms with van der Waals surface area (Å²) in [5.74, 6) is 0. The summed E-state index contributed by atoms with van der Waals surface area (Å²) in [6.45, 7) is 1.53. The fraction of sp³-hybridized carbons (Fsp3) is 0.562. The predicted octanol–water partition coefficient (Wildman–Crippen LogP) is 2.85. The van der Waals surface area contributed by atoms with Gasteiger partial charge < -0.3 is 15.1 Å². The molecule has 1 heterocycles. The molecule has 0 radical (unpaired) electrons. The van der Waals surface area contributed by atoms with E-state index in [0.29, 0.717) is 5.69 Å². The number of benzene rings is 1. The van der Waals surface area contributed by atoms with Crippen molar-refractivity contribution in [3.05, 3.63) is 24.3 Å². The first-order valence-electron chi connectivity index (χ1n) is 7.80. The second-order valence-corrected chi connectivity index (χ2v) is 6.22. The van der Waals surface area contributed by atoms with Gasteiger partial charge in [0.05, 0.1) is 17.9 Å². The Bertz CT molecular complexity index is 577. The second-order valence-electron chi connectivity index (χ2n) is 6.22. The van der Waals surface area contributed by atoms with Gasteiger partial charge in [0.25, 0.3) is 0 Å². The van der Waals surface area contributed by atoms with Crippen LogP contribution in [-0.4, -0.2) is 68.3 Å². The predicted molar refractivity (Wildman–Crippen MR) is 88.5 cm³/mol. The molecule has 0 spiro atoms. The van der Waals surface area contributed by atoms with E-state index >= 15 is 0 Å². The average molecular weight is 344 g/mol. The zero-order valence-corrected chi connectivity index (χ0v) is 14.1. The highest BCUT2D eigenvalue weighted by molar-refractivity contribution is 5.93. The fourth-order valence-corrected chi connectivity index (χ4v) is 2.81. The minimum absolute atomic E-state index is 0.212. The molecule has 1 atom stereocenters. The van der Waals surface area contributed by atoms with Crippen LogP contribution in [0.5, 0.6) is 0 Å². The van der Waals surface area contributed by atoms with Crippen molar-refractivity contribution in [3.63, 3.8) is 0 Å². The molecule has 2 amide bonds. The molecule has 1 aromatic carbocycles. The van der Waals surface area contributed by atoms with Crippen molar-refractivity contribution < 1.29 is 18.0 Å². The Morgan fingerprint density at radius 2 is 1.96 bits per heavy atom. The maximum absolute atomic E-state index is 12.5. The van der Waals surface area contributed by atoms with Gasteiger partial charge in [-0.05, 0) is 19.1 Å². The van der Waals surface area contributed by atoms with Crippen LogP contribution < -0.4 is 10.2 Å². The summed E-state index contributed by atoms with van der Waals surface area (Å²) < 4.78 is 37.6. The van der Waals surface area contributed by atoms with E-state index < -0.39 is 12.7 Å². The molecule has 0 bridgehead atoms. The van der Waals surface area contributed by atoms with Crippen LogP contribution >= 0.6 is 0 Å². The monoisotopic (exact) mass is 344 g/mol. The first kappa shape index (κ1) is 18.4. The van der Waals surface area contributed by atoms with Crippen molar-refractivity contribution in [2.75, 3.05) is 50.5 Å². The number of hydrogen-bond donors (Lipinski definition) is 1. The molecule has 0 unspecified atom stereocenters. The van der Waals surface area contributed by atoms with Crippen LogP contribution in [0.4, 0.5) is 29.3 Å². The minimum atomic E-state index is -4.22. The van der Waals surface area contributed by atoms with Crippen LogP contribution in [0.3, 0.4) is 0 Å². The molecule has 1 saturated heterocycles. The SMILES string of the molecule is C[C@@H]1CN(C(=O)Nc2ccccc2N(C)C)CCN1CC(F)(F)F. The summed E-state index contributed by atoms with van der Waals surface area (Å²) in [6.07, 6.45) is -4.22. The van der Waals surface area contributed by atoms with Gasteiger partial charge in [0.1, 0.15) is 0 Å². The minimum Gasteiger partial charge on any atom is -0.376 e. The molecule has 0 aliphatic carbocycles. The summed E-state index contributed by atoms with van der Waals surface area (Å²) in [6, 6.07) is 6.77. The zero-order chi connectivity index (χ0) is 17.9. The molecule has 1 N–H and O–H groups in total. The Hall–Kier alpha value is -1.96. The van der Waals surface area contributed by atoms with Crippen molar-refractivity contribution in [1.82, 2.24) is 9.80 Å². The van der Waals surface area contributed by atoms with Gasteiger partial charge in [0.2, 0.25) is 0 Å². The lowest BCUT2D eigenvalue weighted by Crippen LogP contribution is -2.56. The normalized spacial score (nSPS) is 19.2. The number of nitrogens with zero attached hydrogens (tertiary/aromatic N) is 3.